The fourth-order valence-electron chi connectivity index (χ4n) is 1.90. The monoisotopic (exact) mass is 380 g/mol. The standard InChI is InChI=1S/C16H17IN2O/c17-15-3-1-2-14(10-15)16(20)19-11-13-6-4-12(5-7-13)8-9-18/h1-7,10H,8-9,11,18H2,(H,19,20). The lowest BCUT2D eigenvalue weighted by molar-refractivity contribution is 0.0951. The van der Waals surface area contributed by atoms with E-state index in [0.29, 0.717) is 18.7 Å². The molecule has 0 aliphatic carbocycles. The lowest BCUT2D eigenvalue weighted by Gasteiger charge is -2.07. The van der Waals surface area contributed by atoms with Crippen LogP contribution >= 0.6 is 22.6 Å². The van der Waals surface area contributed by atoms with E-state index < -0.39 is 0 Å². The van der Waals surface area contributed by atoms with Gasteiger partial charge in [0.2, 0.25) is 0 Å². The van der Waals surface area contributed by atoms with Crippen LogP contribution in [0.3, 0.4) is 0 Å². The van der Waals surface area contributed by atoms with Gasteiger partial charge >= 0.3 is 0 Å². The van der Waals surface area contributed by atoms with E-state index in [-0.39, 0.29) is 5.91 Å². The number of carbonyl (C=O) groups excluding carboxylic acids is 1. The number of halogens is 1. The van der Waals surface area contributed by atoms with Gasteiger partial charge in [-0.3, -0.25) is 4.79 Å². The highest BCUT2D eigenvalue weighted by Crippen LogP contribution is 2.09. The van der Waals surface area contributed by atoms with E-state index in [1.165, 1.54) is 5.56 Å². The van der Waals surface area contributed by atoms with Crippen LogP contribution in [0.15, 0.2) is 48.5 Å². The Balaban J connectivity index is 1.93. The molecule has 0 radical (unpaired) electrons. The molecule has 0 atom stereocenters. The topological polar surface area (TPSA) is 55.1 Å². The van der Waals surface area contributed by atoms with Crippen molar-refractivity contribution in [3.8, 4) is 0 Å². The maximum absolute atomic E-state index is 12.0. The van der Waals surface area contributed by atoms with Crippen LogP contribution in [0.25, 0.3) is 0 Å². The minimum Gasteiger partial charge on any atom is -0.348 e. The van der Waals surface area contributed by atoms with Gasteiger partial charge in [-0.2, -0.15) is 0 Å². The van der Waals surface area contributed by atoms with E-state index in [1.807, 2.05) is 36.4 Å². The molecule has 0 heterocycles. The fourth-order valence-corrected chi connectivity index (χ4v) is 2.45. The molecule has 0 saturated carbocycles. The zero-order valence-electron chi connectivity index (χ0n) is 11.1. The second-order valence-electron chi connectivity index (χ2n) is 4.55. The molecule has 1 amide bonds. The van der Waals surface area contributed by atoms with Gasteiger partial charge in [0, 0.05) is 15.7 Å². The van der Waals surface area contributed by atoms with Gasteiger partial charge < -0.3 is 11.1 Å². The summed E-state index contributed by atoms with van der Waals surface area (Å²) in [5, 5.41) is 2.93. The van der Waals surface area contributed by atoms with Crippen molar-refractivity contribution in [2.24, 2.45) is 5.73 Å². The Kier molecular flexibility index (Phi) is 5.55. The highest BCUT2D eigenvalue weighted by molar-refractivity contribution is 14.1. The summed E-state index contributed by atoms with van der Waals surface area (Å²) >= 11 is 2.20. The van der Waals surface area contributed by atoms with E-state index in [0.717, 1.165) is 15.6 Å². The van der Waals surface area contributed by atoms with E-state index in [2.05, 4.69) is 40.0 Å². The Bertz CT molecular complexity index is 581. The van der Waals surface area contributed by atoms with Crippen LogP contribution in [0.1, 0.15) is 21.5 Å². The Morgan fingerprint density at radius 1 is 1.10 bits per heavy atom. The first-order valence-electron chi connectivity index (χ1n) is 6.50. The number of benzene rings is 2. The molecule has 0 aromatic heterocycles. The van der Waals surface area contributed by atoms with Crippen LogP contribution in [0.5, 0.6) is 0 Å². The highest BCUT2D eigenvalue weighted by Gasteiger charge is 2.05. The predicted molar refractivity (Wildman–Crippen MR) is 89.5 cm³/mol. The minimum atomic E-state index is -0.0467. The summed E-state index contributed by atoms with van der Waals surface area (Å²) in [6.07, 6.45) is 0.884. The fraction of sp³-hybridized carbons (Fsp3) is 0.188. The van der Waals surface area contributed by atoms with Gasteiger partial charge in [-0.25, -0.2) is 0 Å². The molecule has 0 fully saturated rings. The number of nitrogens with one attached hydrogen (secondary N) is 1. The smallest absolute Gasteiger partial charge is 0.251 e. The first-order chi connectivity index (χ1) is 9.69. The molecule has 2 aromatic carbocycles. The normalized spacial score (nSPS) is 10.3. The number of amides is 1. The lowest BCUT2D eigenvalue weighted by Crippen LogP contribution is -2.22. The van der Waals surface area contributed by atoms with Crippen LogP contribution < -0.4 is 11.1 Å². The summed E-state index contributed by atoms with van der Waals surface area (Å²) < 4.78 is 1.06. The van der Waals surface area contributed by atoms with Gasteiger partial charge in [0.25, 0.3) is 5.91 Å². The molecule has 3 N–H and O–H groups in total. The van der Waals surface area contributed by atoms with Crippen molar-refractivity contribution in [2.75, 3.05) is 6.54 Å². The van der Waals surface area contributed by atoms with E-state index in [1.54, 1.807) is 0 Å². The minimum absolute atomic E-state index is 0.0467. The van der Waals surface area contributed by atoms with E-state index in [9.17, 15) is 4.79 Å². The molecule has 2 rings (SSSR count). The first kappa shape index (κ1) is 15.0. The molecule has 0 saturated heterocycles. The van der Waals surface area contributed by atoms with E-state index in [4.69, 9.17) is 5.73 Å². The average Bonchev–Trinajstić information content (AvgIpc) is 2.46. The lowest BCUT2D eigenvalue weighted by atomic mass is 10.1. The third-order valence-corrected chi connectivity index (χ3v) is 3.67. The summed E-state index contributed by atoms with van der Waals surface area (Å²) in [5.74, 6) is -0.0467. The van der Waals surface area contributed by atoms with E-state index >= 15 is 0 Å². The molecular weight excluding hydrogens is 363 g/mol. The van der Waals surface area contributed by atoms with Gasteiger partial charge in [-0.1, -0.05) is 30.3 Å². The van der Waals surface area contributed by atoms with Gasteiger partial charge in [-0.15, -0.1) is 0 Å². The molecule has 4 heteroatoms. The number of rotatable bonds is 5. The first-order valence-corrected chi connectivity index (χ1v) is 7.58. The Morgan fingerprint density at radius 2 is 1.80 bits per heavy atom. The van der Waals surface area contributed by atoms with Crippen molar-refractivity contribution < 1.29 is 4.79 Å². The third kappa shape index (κ3) is 4.31. The third-order valence-electron chi connectivity index (χ3n) is 3.00. The molecule has 0 aliphatic heterocycles. The highest BCUT2D eigenvalue weighted by atomic mass is 127. The molecule has 0 spiro atoms. The SMILES string of the molecule is NCCc1ccc(CNC(=O)c2cccc(I)c2)cc1. The summed E-state index contributed by atoms with van der Waals surface area (Å²) in [7, 11) is 0. The summed E-state index contributed by atoms with van der Waals surface area (Å²) in [4.78, 5) is 12.0. The number of hydrogen-bond donors (Lipinski definition) is 2. The Labute approximate surface area is 132 Å². The summed E-state index contributed by atoms with van der Waals surface area (Å²) in [6, 6.07) is 15.7. The Hall–Kier alpha value is -1.40. The van der Waals surface area contributed by atoms with Crippen molar-refractivity contribution >= 4 is 28.5 Å². The maximum Gasteiger partial charge on any atom is 0.251 e. The molecule has 0 aliphatic rings. The zero-order valence-corrected chi connectivity index (χ0v) is 13.3. The van der Waals surface area contributed by atoms with Crippen LogP contribution in [0.4, 0.5) is 0 Å². The zero-order chi connectivity index (χ0) is 14.4. The van der Waals surface area contributed by atoms with Crippen molar-refractivity contribution in [2.45, 2.75) is 13.0 Å². The quantitative estimate of drug-likeness (QED) is 0.784. The van der Waals surface area contributed by atoms with Crippen LogP contribution in [0.2, 0.25) is 0 Å². The molecule has 0 unspecified atom stereocenters. The number of hydrogen-bond acceptors (Lipinski definition) is 2. The summed E-state index contributed by atoms with van der Waals surface area (Å²) in [5.41, 5.74) is 8.52. The molecule has 3 nitrogen and oxygen atoms in total. The van der Waals surface area contributed by atoms with Crippen molar-refractivity contribution in [3.63, 3.8) is 0 Å². The van der Waals surface area contributed by atoms with Gasteiger partial charge in [-0.05, 0) is 64.9 Å². The van der Waals surface area contributed by atoms with Crippen LogP contribution in [-0.2, 0) is 13.0 Å². The van der Waals surface area contributed by atoms with Crippen LogP contribution in [0, 0.1) is 3.57 Å². The van der Waals surface area contributed by atoms with Gasteiger partial charge in [0.15, 0.2) is 0 Å². The number of carbonyl (C=O) groups is 1. The molecular formula is C16H17IN2O. The number of nitrogens with two attached hydrogens (primary N) is 1. The molecule has 104 valence electrons. The van der Waals surface area contributed by atoms with Gasteiger partial charge in [0.05, 0.1) is 0 Å². The van der Waals surface area contributed by atoms with Crippen molar-refractivity contribution in [3.05, 3.63) is 68.8 Å². The average molecular weight is 380 g/mol. The van der Waals surface area contributed by atoms with Crippen molar-refractivity contribution in [1.82, 2.24) is 5.32 Å². The summed E-state index contributed by atoms with van der Waals surface area (Å²) in [6.45, 7) is 1.19. The molecule has 20 heavy (non-hydrogen) atoms. The van der Waals surface area contributed by atoms with Crippen molar-refractivity contribution in [1.29, 1.82) is 0 Å². The maximum atomic E-state index is 12.0. The largest absolute Gasteiger partial charge is 0.348 e. The second-order valence-corrected chi connectivity index (χ2v) is 5.79. The van der Waals surface area contributed by atoms with Crippen LogP contribution in [-0.4, -0.2) is 12.5 Å². The molecule has 0 bridgehead atoms. The predicted octanol–water partition coefficient (Wildman–Crippen LogP) is 2.72. The second kappa shape index (κ2) is 7.40. The Morgan fingerprint density at radius 3 is 2.45 bits per heavy atom. The molecule has 2 aromatic rings. The van der Waals surface area contributed by atoms with Gasteiger partial charge in [0.1, 0.15) is 0 Å².